The Balaban J connectivity index is 2.11. The van der Waals surface area contributed by atoms with Gasteiger partial charge in [-0.1, -0.05) is 30.3 Å². The Labute approximate surface area is 147 Å². The molecule has 0 radical (unpaired) electrons. The Morgan fingerprint density at radius 3 is 2.08 bits per heavy atom. The Bertz CT molecular complexity index is 802. The van der Waals surface area contributed by atoms with E-state index in [-0.39, 0.29) is 26.2 Å². The highest BCUT2D eigenvalue weighted by atomic mass is 32.2. The van der Waals surface area contributed by atoms with E-state index in [1.165, 1.54) is 4.31 Å². The van der Waals surface area contributed by atoms with Crippen LogP contribution in [0.15, 0.2) is 30.3 Å². The summed E-state index contributed by atoms with van der Waals surface area (Å²) in [6, 6.07) is 7.54. The third kappa shape index (κ3) is 5.47. The van der Waals surface area contributed by atoms with Crippen LogP contribution in [0.5, 0.6) is 0 Å². The molecule has 1 saturated heterocycles. The minimum absolute atomic E-state index is 0.0109. The second-order valence-corrected chi connectivity index (χ2v) is 9.43. The van der Waals surface area contributed by atoms with E-state index in [9.17, 15) is 21.6 Å². The van der Waals surface area contributed by atoms with Crippen LogP contribution in [0, 0.1) is 0 Å². The summed E-state index contributed by atoms with van der Waals surface area (Å²) in [5.41, 5.74) is 0.545. The number of benzene rings is 1. The summed E-state index contributed by atoms with van der Waals surface area (Å²) < 4.78 is 52.9. The van der Waals surface area contributed by atoms with E-state index in [0.29, 0.717) is 5.56 Å². The van der Waals surface area contributed by atoms with Gasteiger partial charge in [0.2, 0.25) is 10.0 Å². The Morgan fingerprint density at radius 2 is 1.60 bits per heavy atom. The van der Waals surface area contributed by atoms with Gasteiger partial charge < -0.3 is 5.11 Å². The molecule has 0 amide bonds. The van der Waals surface area contributed by atoms with Gasteiger partial charge in [-0.05, 0) is 5.56 Å². The van der Waals surface area contributed by atoms with Gasteiger partial charge in [0.05, 0.1) is 18.7 Å². The predicted molar refractivity (Wildman–Crippen MR) is 91.5 cm³/mol. The number of carboxylic acids is 1. The summed E-state index contributed by atoms with van der Waals surface area (Å²) in [5.74, 6) is -1.13. The van der Waals surface area contributed by atoms with Gasteiger partial charge in [0, 0.05) is 26.2 Å². The number of carbonyl (C=O) groups is 1. The Kier molecular flexibility index (Phi) is 6.16. The van der Waals surface area contributed by atoms with Gasteiger partial charge in [-0.15, -0.1) is 0 Å². The van der Waals surface area contributed by atoms with E-state index in [1.54, 1.807) is 30.3 Å². The monoisotopic (exact) mass is 391 g/mol. The third-order valence-corrected chi connectivity index (χ3v) is 6.81. The lowest BCUT2D eigenvalue weighted by Crippen LogP contribution is -2.53. The zero-order chi connectivity index (χ0) is 18.7. The smallest absolute Gasteiger partial charge is 0.305 e. The van der Waals surface area contributed by atoms with Crippen LogP contribution in [0.3, 0.4) is 0 Å². The molecule has 9 nitrogen and oxygen atoms in total. The maximum Gasteiger partial charge on any atom is 0.305 e. The van der Waals surface area contributed by atoms with Gasteiger partial charge in [0.15, 0.2) is 0 Å². The molecule has 2 rings (SSSR count). The first kappa shape index (κ1) is 19.8. The van der Waals surface area contributed by atoms with Crippen LogP contribution >= 0.6 is 0 Å². The molecule has 1 aromatic carbocycles. The fourth-order valence-electron chi connectivity index (χ4n) is 2.58. The molecular weight excluding hydrogens is 370 g/mol. The van der Waals surface area contributed by atoms with Crippen LogP contribution in [-0.2, 0) is 25.0 Å². The van der Waals surface area contributed by atoms with Gasteiger partial charge in [0.25, 0.3) is 10.2 Å². The molecule has 1 aliphatic heterocycles. The van der Waals surface area contributed by atoms with E-state index in [1.807, 2.05) is 0 Å². The highest BCUT2D eigenvalue weighted by molar-refractivity contribution is 7.88. The average molecular weight is 391 g/mol. The highest BCUT2D eigenvalue weighted by Crippen LogP contribution is 2.19. The van der Waals surface area contributed by atoms with Crippen molar-refractivity contribution in [3.05, 3.63) is 35.9 Å². The zero-order valence-electron chi connectivity index (χ0n) is 13.7. The number of aliphatic carboxylic acids is 1. The number of piperazine rings is 1. The maximum absolute atomic E-state index is 12.6. The van der Waals surface area contributed by atoms with E-state index >= 15 is 0 Å². The van der Waals surface area contributed by atoms with Crippen LogP contribution in [0.4, 0.5) is 0 Å². The van der Waals surface area contributed by atoms with E-state index in [2.05, 4.69) is 4.72 Å². The second kappa shape index (κ2) is 7.79. The first-order valence-corrected chi connectivity index (χ1v) is 10.9. The Morgan fingerprint density at radius 1 is 1.08 bits per heavy atom. The topological polar surface area (TPSA) is 124 Å². The largest absolute Gasteiger partial charge is 0.481 e. The highest BCUT2D eigenvalue weighted by Gasteiger charge is 2.32. The van der Waals surface area contributed by atoms with Crippen LogP contribution < -0.4 is 4.72 Å². The van der Waals surface area contributed by atoms with Crippen molar-refractivity contribution >= 4 is 26.2 Å². The summed E-state index contributed by atoms with van der Waals surface area (Å²) in [5, 5.41) is 9.05. The zero-order valence-corrected chi connectivity index (χ0v) is 15.3. The molecule has 1 aromatic rings. The predicted octanol–water partition coefficient (Wildman–Crippen LogP) is -0.386. The van der Waals surface area contributed by atoms with E-state index in [0.717, 1.165) is 10.6 Å². The normalized spacial score (nSPS) is 18.8. The molecular formula is C14H21N3O6S2. The lowest BCUT2D eigenvalue weighted by molar-refractivity contribution is -0.137. The molecule has 0 saturated carbocycles. The lowest BCUT2D eigenvalue weighted by atomic mass is 10.1. The molecule has 1 aliphatic rings. The first-order chi connectivity index (χ1) is 11.6. The van der Waals surface area contributed by atoms with E-state index < -0.39 is 38.7 Å². The molecule has 1 unspecified atom stereocenters. The first-order valence-electron chi connectivity index (χ1n) is 7.59. The van der Waals surface area contributed by atoms with E-state index in [4.69, 9.17) is 5.11 Å². The standard InChI is InChI=1S/C14H21N3O6S2/c1-24(20,21)16-7-9-17(10-8-16)25(22,23)15-13(11-14(18)19)12-5-3-2-4-6-12/h2-6,13,15H,7-11H2,1H3,(H,18,19). The van der Waals surface area contributed by atoms with Gasteiger partial charge in [-0.2, -0.15) is 21.8 Å². The van der Waals surface area contributed by atoms with Crippen molar-refractivity contribution in [1.29, 1.82) is 0 Å². The summed E-state index contributed by atoms with van der Waals surface area (Å²) >= 11 is 0. The van der Waals surface area contributed by atoms with Crippen LogP contribution in [0.1, 0.15) is 18.0 Å². The molecule has 0 bridgehead atoms. The maximum atomic E-state index is 12.6. The van der Waals surface area contributed by atoms with Crippen molar-refractivity contribution in [2.45, 2.75) is 12.5 Å². The average Bonchev–Trinajstić information content (AvgIpc) is 2.54. The lowest BCUT2D eigenvalue weighted by Gasteiger charge is -2.33. The molecule has 11 heteroatoms. The second-order valence-electron chi connectivity index (χ2n) is 5.75. The molecule has 0 spiro atoms. The fraction of sp³-hybridized carbons (Fsp3) is 0.500. The minimum Gasteiger partial charge on any atom is -0.481 e. The number of carboxylic acid groups (broad SMARTS) is 1. The number of hydrogen-bond donors (Lipinski definition) is 2. The van der Waals surface area contributed by atoms with Gasteiger partial charge in [-0.3, -0.25) is 4.79 Å². The fourth-order valence-corrected chi connectivity index (χ4v) is 4.78. The van der Waals surface area contributed by atoms with Crippen LogP contribution in [-0.4, -0.2) is 69.0 Å². The van der Waals surface area contributed by atoms with Crippen molar-refractivity contribution in [3.8, 4) is 0 Å². The molecule has 1 atom stereocenters. The third-order valence-electron chi connectivity index (χ3n) is 3.88. The number of rotatable bonds is 7. The molecule has 0 aromatic heterocycles. The molecule has 2 N–H and O–H groups in total. The van der Waals surface area contributed by atoms with Crippen molar-refractivity contribution in [2.24, 2.45) is 0 Å². The molecule has 140 valence electrons. The van der Waals surface area contributed by atoms with Crippen molar-refractivity contribution in [1.82, 2.24) is 13.3 Å². The number of sulfonamides is 1. The quantitative estimate of drug-likeness (QED) is 0.653. The van der Waals surface area contributed by atoms with Gasteiger partial charge in [0.1, 0.15) is 0 Å². The summed E-state index contributed by atoms with van der Waals surface area (Å²) in [6.45, 7) is 0.150. The number of nitrogens with zero attached hydrogens (tertiary/aromatic N) is 2. The molecule has 1 heterocycles. The van der Waals surface area contributed by atoms with Crippen molar-refractivity contribution in [3.63, 3.8) is 0 Å². The summed E-state index contributed by atoms with van der Waals surface area (Å²) in [4.78, 5) is 11.1. The van der Waals surface area contributed by atoms with Crippen LogP contribution in [0.2, 0.25) is 0 Å². The van der Waals surface area contributed by atoms with Crippen LogP contribution in [0.25, 0.3) is 0 Å². The minimum atomic E-state index is -3.95. The SMILES string of the molecule is CS(=O)(=O)N1CCN(S(=O)(=O)NC(CC(=O)O)c2ccccc2)CC1. The van der Waals surface area contributed by atoms with Crippen molar-refractivity contribution < 1.29 is 26.7 Å². The number of nitrogens with one attached hydrogen (secondary N) is 1. The van der Waals surface area contributed by atoms with Gasteiger partial charge in [-0.25, -0.2) is 8.42 Å². The summed E-state index contributed by atoms with van der Waals surface area (Å²) in [7, 11) is -7.31. The molecule has 0 aliphatic carbocycles. The number of hydrogen-bond acceptors (Lipinski definition) is 5. The molecule has 1 fully saturated rings. The van der Waals surface area contributed by atoms with Gasteiger partial charge >= 0.3 is 5.97 Å². The Hall–Kier alpha value is -1.53. The van der Waals surface area contributed by atoms with Crippen molar-refractivity contribution in [2.75, 3.05) is 32.4 Å². The summed E-state index contributed by atoms with van der Waals surface area (Å²) in [6.07, 6.45) is 0.681. The molecule has 25 heavy (non-hydrogen) atoms.